The van der Waals surface area contributed by atoms with Crippen LogP contribution in [0.3, 0.4) is 0 Å². The lowest BCUT2D eigenvalue weighted by molar-refractivity contribution is -0.150. The highest BCUT2D eigenvalue weighted by atomic mass is 16.5. The van der Waals surface area contributed by atoms with E-state index < -0.39 is 5.54 Å². The Hall–Kier alpha value is -1.35. The molecule has 0 aliphatic carbocycles. The second-order valence-electron chi connectivity index (χ2n) is 5.49. The number of hydrogen-bond donors (Lipinski definition) is 1. The summed E-state index contributed by atoms with van der Waals surface area (Å²) in [5.74, 6) is 0.309. The van der Waals surface area contributed by atoms with Crippen molar-refractivity contribution < 1.29 is 9.53 Å². The average Bonchev–Trinajstić information content (AvgIpc) is 2.38. The van der Waals surface area contributed by atoms with Crippen LogP contribution in [0.15, 0.2) is 30.3 Å². The van der Waals surface area contributed by atoms with Crippen molar-refractivity contribution in [2.45, 2.75) is 39.7 Å². The molecule has 0 fully saturated rings. The first-order valence-corrected chi connectivity index (χ1v) is 6.94. The van der Waals surface area contributed by atoms with Crippen molar-refractivity contribution in [3.05, 3.63) is 35.9 Å². The van der Waals surface area contributed by atoms with Crippen molar-refractivity contribution in [2.75, 3.05) is 13.2 Å². The lowest BCUT2D eigenvalue weighted by atomic mass is 9.92. The molecule has 1 aromatic rings. The molecular weight excluding hydrogens is 238 g/mol. The largest absolute Gasteiger partial charge is 0.465 e. The molecule has 0 saturated carbocycles. The third kappa shape index (κ3) is 5.03. The fraction of sp³-hybridized carbons (Fsp3) is 0.562. The van der Waals surface area contributed by atoms with E-state index in [9.17, 15) is 4.79 Å². The molecule has 0 heterocycles. The molecular formula is C16H25NO2. The molecule has 3 nitrogen and oxygen atoms in total. The van der Waals surface area contributed by atoms with E-state index in [-0.39, 0.29) is 5.97 Å². The average molecular weight is 263 g/mol. The Labute approximate surface area is 116 Å². The molecule has 0 spiro atoms. The van der Waals surface area contributed by atoms with Gasteiger partial charge in [0.05, 0.1) is 6.61 Å². The highest BCUT2D eigenvalue weighted by Crippen LogP contribution is 2.16. The molecule has 0 aromatic heterocycles. The van der Waals surface area contributed by atoms with Crippen molar-refractivity contribution in [2.24, 2.45) is 5.92 Å². The predicted molar refractivity (Wildman–Crippen MR) is 78.0 cm³/mol. The van der Waals surface area contributed by atoms with Crippen LogP contribution >= 0.6 is 0 Å². The fourth-order valence-electron chi connectivity index (χ4n) is 1.93. The van der Waals surface area contributed by atoms with Crippen LogP contribution < -0.4 is 5.32 Å². The normalized spacial score (nSPS) is 14.2. The van der Waals surface area contributed by atoms with E-state index in [1.54, 1.807) is 0 Å². The van der Waals surface area contributed by atoms with E-state index in [0.29, 0.717) is 18.9 Å². The Morgan fingerprint density at radius 2 is 1.95 bits per heavy atom. The van der Waals surface area contributed by atoms with E-state index in [0.717, 1.165) is 12.1 Å². The summed E-state index contributed by atoms with van der Waals surface area (Å²) in [6.45, 7) is 9.21. The summed E-state index contributed by atoms with van der Waals surface area (Å²) in [5.41, 5.74) is 0.469. The van der Waals surface area contributed by atoms with Crippen molar-refractivity contribution in [1.29, 1.82) is 0 Å². The maximum absolute atomic E-state index is 12.2. The molecule has 0 radical (unpaired) electrons. The Morgan fingerprint density at radius 1 is 1.32 bits per heavy atom. The van der Waals surface area contributed by atoms with Gasteiger partial charge in [0, 0.05) is 6.42 Å². The molecule has 0 bridgehead atoms. The van der Waals surface area contributed by atoms with Crippen molar-refractivity contribution in [3.8, 4) is 0 Å². The predicted octanol–water partition coefficient (Wildman–Crippen LogP) is 2.80. The third-order valence-corrected chi connectivity index (χ3v) is 3.03. The second kappa shape index (κ2) is 7.29. The van der Waals surface area contributed by atoms with Crippen LogP contribution in [0.1, 0.15) is 33.3 Å². The van der Waals surface area contributed by atoms with E-state index in [1.807, 2.05) is 44.2 Å². The molecule has 3 heteroatoms. The molecule has 19 heavy (non-hydrogen) atoms. The van der Waals surface area contributed by atoms with Crippen molar-refractivity contribution in [3.63, 3.8) is 0 Å². The molecule has 1 rings (SSSR count). The Bertz CT molecular complexity index is 389. The number of carbonyl (C=O) groups is 1. The van der Waals surface area contributed by atoms with Gasteiger partial charge in [-0.3, -0.25) is 4.79 Å². The van der Waals surface area contributed by atoms with Gasteiger partial charge in [0.15, 0.2) is 0 Å². The second-order valence-corrected chi connectivity index (χ2v) is 5.49. The number of rotatable bonds is 7. The number of nitrogens with one attached hydrogen (secondary N) is 1. The lowest BCUT2D eigenvalue weighted by Crippen LogP contribution is -2.53. The topological polar surface area (TPSA) is 38.3 Å². The van der Waals surface area contributed by atoms with Gasteiger partial charge >= 0.3 is 5.97 Å². The van der Waals surface area contributed by atoms with Crippen LogP contribution in [-0.2, 0) is 16.0 Å². The van der Waals surface area contributed by atoms with E-state index in [4.69, 9.17) is 4.74 Å². The van der Waals surface area contributed by atoms with Crippen LogP contribution in [-0.4, -0.2) is 24.7 Å². The number of esters is 1. The van der Waals surface area contributed by atoms with E-state index >= 15 is 0 Å². The highest BCUT2D eigenvalue weighted by molar-refractivity contribution is 5.80. The molecule has 1 aromatic carbocycles. The van der Waals surface area contributed by atoms with Gasteiger partial charge in [-0.15, -0.1) is 0 Å². The minimum Gasteiger partial charge on any atom is -0.465 e. The van der Waals surface area contributed by atoms with Crippen molar-refractivity contribution in [1.82, 2.24) is 5.32 Å². The molecule has 1 N–H and O–H groups in total. The zero-order valence-electron chi connectivity index (χ0n) is 12.4. The standard InChI is InChI=1S/C16H25NO2/c1-5-19-15(18)16(4,17-12-13(2)3)11-14-9-7-6-8-10-14/h6-10,13,17H,5,11-12H2,1-4H3. The van der Waals surface area contributed by atoms with Gasteiger partial charge in [0.1, 0.15) is 5.54 Å². The maximum Gasteiger partial charge on any atom is 0.326 e. The van der Waals surface area contributed by atoms with Gasteiger partial charge in [-0.2, -0.15) is 0 Å². The van der Waals surface area contributed by atoms with Crippen LogP contribution in [0.25, 0.3) is 0 Å². The minimum atomic E-state index is -0.665. The zero-order valence-corrected chi connectivity index (χ0v) is 12.4. The summed E-state index contributed by atoms with van der Waals surface area (Å²) in [4.78, 5) is 12.2. The van der Waals surface area contributed by atoms with Gasteiger partial charge in [-0.25, -0.2) is 0 Å². The summed E-state index contributed by atoms with van der Waals surface area (Å²) in [5, 5.41) is 3.35. The van der Waals surface area contributed by atoms with Gasteiger partial charge in [-0.1, -0.05) is 44.2 Å². The first-order valence-electron chi connectivity index (χ1n) is 6.94. The summed E-state index contributed by atoms with van der Waals surface area (Å²) < 4.78 is 5.21. The van der Waals surface area contributed by atoms with E-state index in [2.05, 4.69) is 19.2 Å². The molecule has 0 amide bonds. The van der Waals surface area contributed by atoms with Crippen LogP contribution in [0.5, 0.6) is 0 Å². The fourth-order valence-corrected chi connectivity index (χ4v) is 1.93. The Kier molecular flexibility index (Phi) is 6.03. The van der Waals surface area contributed by atoms with Crippen LogP contribution in [0, 0.1) is 5.92 Å². The third-order valence-electron chi connectivity index (χ3n) is 3.03. The molecule has 0 aliphatic rings. The van der Waals surface area contributed by atoms with E-state index in [1.165, 1.54) is 0 Å². The zero-order chi connectivity index (χ0) is 14.3. The first-order chi connectivity index (χ1) is 8.98. The molecule has 1 atom stereocenters. The van der Waals surface area contributed by atoms with Crippen LogP contribution in [0.4, 0.5) is 0 Å². The summed E-state index contributed by atoms with van der Waals surface area (Å²) in [7, 11) is 0. The number of benzene rings is 1. The van der Waals surface area contributed by atoms with Gasteiger partial charge in [0.2, 0.25) is 0 Å². The van der Waals surface area contributed by atoms with Crippen molar-refractivity contribution >= 4 is 5.97 Å². The molecule has 0 saturated heterocycles. The molecule has 1 unspecified atom stereocenters. The Balaban J connectivity index is 2.81. The maximum atomic E-state index is 12.2. The monoisotopic (exact) mass is 263 g/mol. The van der Waals surface area contributed by atoms with Gasteiger partial charge < -0.3 is 10.1 Å². The number of hydrogen-bond acceptors (Lipinski definition) is 3. The number of ether oxygens (including phenoxy) is 1. The number of carbonyl (C=O) groups excluding carboxylic acids is 1. The van der Waals surface area contributed by atoms with Gasteiger partial charge in [0.25, 0.3) is 0 Å². The highest BCUT2D eigenvalue weighted by Gasteiger charge is 2.34. The first kappa shape index (κ1) is 15.7. The quantitative estimate of drug-likeness (QED) is 0.769. The smallest absolute Gasteiger partial charge is 0.326 e. The molecule has 0 aliphatic heterocycles. The SMILES string of the molecule is CCOC(=O)C(C)(Cc1ccccc1)NCC(C)C. The van der Waals surface area contributed by atoms with Gasteiger partial charge in [-0.05, 0) is 31.9 Å². The van der Waals surface area contributed by atoms with Crippen LogP contribution in [0.2, 0.25) is 0 Å². The molecule has 106 valence electrons. The summed E-state index contributed by atoms with van der Waals surface area (Å²) in [6, 6.07) is 10.0. The Morgan fingerprint density at radius 3 is 2.47 bits per heavy atom. The summed E-state index contributed by atoms with van der Waals surface area (Å²) in [6.07, 6.45) is 0.638. The minimum absolute atomic E-state index is 0.181. The lowest BCUT2D eigenvalue weighted by Gasteiger charge is -2.29. The summed E-state index contributed by atoms with van der Waals surface area (Å²) >= 11 is 0.